The minimum atomic E-state index is -0.600. The first kappa shape index (κ1) is 26.4. The molecule has 40 heavy (non-hydrogen) atoms. The summed E-state index contributed by atoms with van der Waals surface area (Å²) in [4.78, 5) is 26.4. The molecule has 0 unspecified atom stereocenters. The van der Waals surface area contributed by atoms with Gasteiger partial charge in [0.1, 0.15) is 18.1 Å². The molecule has 0 atom stereocenters. The summed E-state index contributed by atoms with van der Waals surface area (Å²) >= 11 is 0. The maximum atomic E-state index is 12.7. The van der Waals surface area contributed by atoms with Gasteiger partial charge in [0.2, 0.25) is 0 Å². The molecule has 0 fully saturated rings. The number of nitrogens with one attached hydrogen (secondary N) is 1. The first-order valence-corrected chi connectivity index (χ1v) is 12.7. The molecule has 0 spiro atoms. The Morgan fingerprint density at radius 2 is 1.48 bits per heavy atom. The van der Waals surface area contributed by atoms with Crippen LogP contribution in [0.5, 0.6) is 17.5 Å². The second-order valence-electron chi connectivity index (χ2n) is 9.13. The molecule has 0 saturated heterocycles. The number of pyridine rings is 1. The number of carbonyl (C=O) groups excluding carboxylic acids is 1. The van der Waals surface area contributed by atoms with Crippen molar-refractivity contribution >= 4 is 11.8 Å². The standard InChI is InChI=1S/C32H28N4O4/c1-21-9-13-27(14-10-21)40-32(37)35-28-17-22(2)29(36-30(28)24-7-5-4-6-8-24)25-18-33-31(34-19-25)39-20-23-11-15-26(38-3)16-12-23/h4-19H,20H2,1-3H3,(H,35,37). The molecule has 3 aromatic carbocycles. The Morgan fingerprint density at radius 1 is 0.800 bits per heavy atom. The van der Waals surface area contributed by atoms with Gasteiger partial charge in [-0.1, -0.05) is 60.2 Å². The third-order valence-corrected chi connectivity index (χ3v) is 6.16. The van der Waals surface area contributed by atoms with E-state index in [1.54, 1.807) is 31.6 Å². The van der Waals surface area contributed by atoms with Crippen LogP contribution in [0.2, 0.25) is 0 Å². The highest BCUT2D eigenvalue weighted by atomic mass is 16.6. The largest absolute Gasteiger partial charge is 0.497 e. The number of ether oxygens (including phenoxy) is 3. The average molecular weight is 533 g/mol. The maximum Gasteiger partial charge on any atom is 0.417 e. The number of amides is 1. The quantitative estimate of drug-likeness (QED) is 0.229. The van der Waals surface area contributed by atoms with Gasteiger partial charge in [0.15, 0.2) is 0 Å². The monoisotopic (exact) mass is 532 g/mol. The van der Waals surface area contributed by atoms with Gasteiger partial charge in [-0.2, -0.15) is 0 Å². The average Bonchev–Trinajstić information content (AvgIpc) is 2.98. The molecule has 2 heterocycles. The lowest BCUT2D eigenvalue weighted by Gasteiger charge is -2.15. The number of benzene rings is 3. The van der Waals surface area contributed by atoms with Crippen LogP contribution in [0.15, 0.2) is 97.3 Å². The van der Waals surface area contributed by atoms with Crippen LogP contribution in [0.3, 0.4) is 0 Å². The van der Waals surface area contributed by atoms with Crippen molar-refractivity contribution in [1.29, 1.82) is 0 Å². The van der Waals surface area contributed by atoms with Crippen molar-refractivity contribution in [1.82, 2.24) is 15.0 Å². The number of aryl methyl sites for hydroxylation is 2. The van der Waals surface area contributed by atoms with E-state index >= 15 is 0 Å². The van der Waals surface area contributed by atoms with Crippen LogP contribution in [0.4, 0.5) is 10.5 Å². The van der Waals surface area contributed by atoms with Gasteiger partial charge in [-0.15, -0.1) is 0 Å². The molecule has 5 rings (SSSR count). The Bertz CT molecular complexity index is 1590. The number of hydrogen-bond acceptors (Lipinski definition) is 7. The lowest BCUT2D eigenvalue weighted by Crippen LogP contribution is -2.18. The van der Waals surface area contributed by atoms with Gasteiger partial charge in [-0.25, -0.2) is 19.7 Å². The zero-order valence-electron chi connectivity index (χ0n) is 22.4. The van der Waals surface area contributed by atoms with Gasteiger partial charge in [0, 0.05) is 23.5 Å². The highest BCUT2D eigenvalue weighted by molar-refractivity contribution is 5.92. The van der Waals surface area contributed by atoms with Gasteiger partial charge < -0.3 is 14.2 Å². The van der Waals surface area contributed by atoms with E-state index in [0.29, 0.717) is 29.4 Å². The number of carbonyl (C=O) groups is 1. The highest BCUT2D eigenvalue weighted by Crippen LogP contribution is 2.32. The van der Waals surface area contributed by atoms with E-state index in [4.69, 9.17) is 19.2 Å². The Balaban J connectivity index is 1.37. The second kappa shape index (κ2) is 12.1. The van der Waals surface area contributed by atoms with Crippen LogP contribution in [-0.2, 0) is 6.61 Å². The number of aromatic nitrogens is 3. The summed E-state index contributed by atoms with van der Waals surface area (Å²) in [5, 5.41) is 2.86. The molecule has 8 heteroatoms. The van der Waals surface area contributed by atoms with Crippen molar-refractivity contribution in [2.75, 3.05) is 12.4 Å². The second-order valence-corrected chi connectivity index (χ2v) is 9.13. The maximum absolute atomic E-state index is 12.7. The number of anilines is 1. The minimum absolute atomic E-state index is 0.262. The predicted molar refractivity (Wildman–Crippen MR) is 154 cm³/mol. The van der Waals surface area contributed by atoms with Crippen LogP contribution in [0.1, 0.15) is 16.7 Å². The van der Waals surface area contributed by atoms with Crippen molar-refractivity contribution in [2.45, 2.75) is 20.5 Å². The molecule has 5 aromatic rings. The fourth-order valence-corrected chi connectivity index (χ4v) is 4.05. The third kappa shape index (κ3) is 6.42. The van der Waals surface area contributed by atoms with Gasteiger partial charge in [-0.3, -0.25) is 5.32 Å². The smallest absolute Gasteiger partial charge is 0.417 e. The lowest BCUT2D eigenvalue weighted by atomic mass is 10.0. The Morgan fingerprint density at radius 3 is 2.15 bits per heavy atom. The van der Waals surface area contributed by atoms with Crippen molar-refractivity contribution in [2.24, 2.45) is 0 Å². The first-order valence-electron chi connectivity index (χ1n) is 12.7. The van der Waals surface area contributed by atoms with Gasteiger partial charge in [0.25, 0.3) is 0 Å². The number of rotatable bonds is 8. The summed E-state index contributed by atoms with van der Waals surface area (Å²) in [5.74, 6) is 1.24. The summed E-state index contributed by atoms with van der Waals surface area (Å²) in [5.41, 5.74) is 6.28. The van der Waals surface area contributed by atoms with Gasteiger partial charge >= 0.3 is 12.1 Å². The fourth-order valence-electron chi connectivity index (χ4n) is 4.05. The van der Waals surface area contributed by atoms with E-state index < -0.39 is 6.09 Å². The molecule has 0 aliphatic heterocycles. The molecule has 0 bridgehead atoms. The SMILES string of the molecule is COc1ccc(COc2ncc(-c3nc(-c4ccccc4)c(NC(=O)Oc4ccc(C)cc4)cc3C)cn2)cc1. The molecule has 1 N–H and O–H groups in total. The van der Waals surface area contributed by atoms with Crippen LogP contribution >= 0.6 is 0 Å². The third-order valence-electron chi connectivity index (χ3n) is 6.16. The molecule has 0 aliphatic rings. The molecule has 0 saturated carbocycles. The van der Waals surface area contributed by atoms with E-state index in [-0.39, 0.29) is 6.01 Å². The van der Waals surface area contributed by atoms with E-state index in [9.17, 15) is 4.79 Å². The van der Waals surface area contributed by atoms with Crippen molar-refractivity contribution in [3.8, 4) is 40.0 Å². The zero-order valence-corrected chi connectivity index (χ0v) is 22.4. The molecular weight excluding hydrogens is 504 g/mol. The van der Waals surface area contributed by atoms with Crippen LogP contribution in [0, 0.1) is 13.8 Å². The summed E-state index contributed by atoms with van der Waals surface area (Å²) < 4.78 is 16.4. The van der Waals surface area contributed by atoms with Crippen molar-refractivity contribution < 1.29 is 19.0 Å². The van der Waals surface area contributed by atoms with Crippen molar-refractivity contribution in [3.63, 3.8) is 0 Å². The van der Waals surface area contributed by atoms with Crippen molar-refractivity contribution in [3.05, 3.63) is 114 Å². The molecule has 200 valence electrons. The summed E-state index contributed by atoms with van der Waals surface area (Å²) in [6.07, 6.45) is 2.76. The highest BCUT2D eigenvalue weighted by Gasteiger charge is 2.17. The molecular formula is C32H28N4O4. The van der Waals surface area contributed by atoms with E-state index in [0.717, 1.165) is 33.6 Å². The van der Waals surface area contributed by atoms with E-state index in [1.165, 1.54) is 0 Å². The van der Waals surface area contributed by atoms with Gasteiger partial charge in [0.05, 0.1) is 24.2 Å². The normalized spacial score (nSPS) is 10.6. The molecule has 2 aromatic heterocycles. The van der Waals surface area contributed by atoms with E-state index in [1.807, 2.05) is 86.6 Å². The zero-order chi connectivity index (χ0) is 27.9. The molecule has 0 aliphatic carbocycles. The molecule has 8 nitrogen and oxygen atoms in total. The van der Waals surface area contributed by atoms with Crippen LogP contribution in [-0.4, -0.2) is 28.2 Å². The fraction of sp³-hybridized carbons (Fsp3) is 0.125. The Labute approximate surface area is 232 Å². The number of nitrogens with zero attached hydrogens (tertiary/aromatic N) is 3. The predicted octanol–water partition coefficient (Wildman–Crippen LogP) is 7.02. The molecule has 1 amide bonds. The van der Waals surface area contributed by atoms with Gasteiger partial charge in [-0.05, 0) is 55.3 Å². The van der Waals surface area contributed by atoms with Crippen LogP contribution in [0.25, 0.3) is 22.5 Å². The topological polar surface area (TPSA) is 95.5 Å². The summed E-state index contributed by atoms with van der Waals surface area (Å²) in [6.45, 7) is 4.22. The summed E-state index contributed by atoms with van der Waals surface area (Å²) in [7, 11) is 1.63. The first-order chi connectivity index (χ1) is 19.5. The Kier molecular flexibility index (Phi) is 7.97. The number of methoxy groups -OCH3 is 1. The lowest BCUT2D eigenvalue weighted by molar-refractivity contribution is 0.215. The van der Waals surface area contributed by atoms with Crippen LogP contribution < -0.4 is 19.5 Å². The van der Waals surface area contributed by atoms with E-state index in [2.05, 4.69) is 15.3 Å². The minimum Gasteiger partial charge on any atom is -0.497 e. The Hall–Kier alpha value is -5.24. The molecule has 0 radical (unpaired) electrons. The summed E-state index contributed by atoms with van der Waals surface area (Å²) in [6, 6.07) is 26.7. The number of hydrogen-bond donors (Lipinski definition) is 1.